The minimum atomic E-state index is 0.644. The van der Waals surface area contributed by atoms with Crippen LogP contribution in [0.5, 0.6) is 5.75 Å². The Kier molecular flexibility index (Phi) is 6.28. The van der Waals surface area contributed by atoms with Crippen molar-refractivity contribution in [1.82, 2.24) is 14.8 Å². The molecule has 0 aliphatic rings. The lowest BCUT2D eigenvalue weighted by atomic mass is 10.2. The molecule has 0 amide bonds. The number of nitrogens with zero attached hydrogens (tertiary/aromatic N) is 3. The van der Waals surface area contributed by atoms with Crippen LogP contribution in [0.1, 0.15) is 5.56 Å². The maximum atomic E-state index is 5.46. The van der Waals surface area contributed by atoms with E-state index < -0.39 is 0 Å². The number of hydrogen-bond acceptors (Lipinski definition) is 4. The van der Waals surface area contributed by atoms with Gasteiger partial charge < -0.3 is 4.74 Å². The van der Waals surface area contributed by atoms with Crippen LogP contribution in [-0.4, -0.2) is 27.6 Å². The maximum absolute atomic E-state index is 5.46. The summed E-state index contributed by atoms with van der Waals surface area (Å²) in [5.74, 6) is 2.39. The summed E-state index contributed by atoms with van der Waals surface area (Å²) >= 11 is 1.65. The highest BCUT2D eigenvalue weighted by atomic mass is 32.2. The third kappa shape index (κ3) is 4.24. The van der Waals surface area contributed by atoms with Crippen LogP contribution >= 0.6 is 11.8 Å². The van der Waals surface area contributed by atoms with E-state index in [2.05, 4.69) is 45.6 Å². The van der Waals surface area contributed by atoms with Gasteiger partial charge in [-0.2, -0.15) is 0 Å². The molecule has 0 radical (unpaired) electrons. The summed E-state index contributed by atoms with van der Waals surface area (Å²) in [4.78, 5) is 0. The first-order valence-electron chi connectivity index (χ1n) is 8.35. The molecule has 0 atom stereocenters. The normalized spacial score (nSPS) is 11.0. The first-order valence-corrected chi connectivity index (χ1v) is 9.34. The Hall–Kier alpha value is -2.79. The summed E-state index contributed by atoms with van der Waals surface area (Å²) in [6.07, 6.45) is 6.10. The monoisotopic (exact) mass is 363 g/mol. The molecular formula is C21H21N3OS. The number of methoxy groups -OCH3 is 1. The van der Waals surface area contributed by atoms with Crippen molar-refractivity contribution < 1.29 is 4.74 Å². The van der Waals surface area contributed by atoms with Crippen molar-refractivity contribution in [3.05, 3.63) is 78.9 Å². The van der Waals surface area contributed by atoms with Crippen LogP contribution in [0.2, 0.25) is 0 Å². The van der Waals surface area contributed by atoms with Gasteiger partial charge in [0.15, 0.2) is 11.0 Å². The van der Waals surface area contributed by atoms with Crippen LogP contribution in [0.3, 0.4) is 0 Å². The molecule has 0 aliphatic heterocycles. The number of hydrogen-bond donors (Lipinski definition) is 0. The van der Waals surface area contributed by atoms with Gasteiger partial charge in [0.05, 0.1) is 12.7 Å². The molecule has 132 valence electrons. The quantitative estimate of drug-likeness (QED) is 0.419. The minimum Gasteiger partial charge on any atom is -0.496 e. The molecule has 26 heavy (non-hydrogen) atoms. The van der Waals surface area contributed by atoms with Crippen LogP contribution in [-0.2, 0) is 6.54 Å². The predicted molar refractivity (Wildman–Crippen MR) is 108 cm³/mol. The molecule has 0 unspecified atom stereocenters. The van der Waals surface area contributed by atoms with E-state index in [1.54, 1.807) is 18.9 Å². The molecule has 3 rings (SSSR count). The van der Waals surface area contributed by atoms with Gasteiger partial charge in [-0.25, -0.2) is 0 Å². The van der Waals surface area contributed by atoms with Crippen molar-refractivity contribution in [3.8, 4) is 17.1 Å². The molecule has 5 heteroatoms. The van der Waals surface area contributed by atoms with Gasteiger partial charge in [0.25, 0.3) is 0 Å². The smallest absolute Gasteiger partial charge is 0.192 e. The van der Waals surface area contributed by atoms with Crippen LogP contribution in [0.15, 0.2) is 78.5 Å². The topological polar surface area (TPSA) is 39.9 Å². The van der Waals surface area contributed by atoms with E-state index >= 15 is 0 Å². The Morgan fingerprint density at radius 3 is 2.62 bits per heavy atom. The zero-order valence-electron chi connectivity index (χ0n) is 14.7. The minimum absolute atomic E-state index is 0.644. The van der Waals surface area contributed by atoms with Gasteiger partial charge in [0.2, 0.25) is 0 Å². The molecule has 0 N–H and O–H groups in total. The summed E-state index contributed by atoms with van der Waals surface area (Å²) in [7, 11) is 1.66. The number of allylic oxidation sites excluding steroid dienone is 1. The van der Waals surface area contributed by atoms with E-state index in [1.807, 2.05) is 48.5 Å². The zero-order valence-corrected chi connectivity index (χ0v) is 15.5. The van der Waals surface area contributed by atoms with E-state index in [-0.39, 0.29) is 0 Å². The molecule has 2 aromatic carbocycles. The highest BCUT2D eigenvalue weighted by Gasteiger charge is 2.16. The van der Waals surface area contributed by atoms with Gasteiger partial charge in [0, 0.05) is 12.3 Å². The van der Waals surface area contributed by atoms with E-state index in [0.717, 1.165) is 28.0 Å². The number of thioether (sulfide) groups is 1. The first kappa shape index (κ1) is 18.0. The Bertz CT molecular complexity index is 887. The lowest BCUT2D eigenvalue weighted by molar-refractivity contribution is 0.416. The third-order valence-corrected chi connectivity index (χ3v) is 4.71. The molecule has 0 fully saturated rings. The van der Waals surface area contributed by atoms with Crippen molar-refractivity contribution in [2.24, 2.45) is 0 Å². The Morgan fingerprint density at radius 1 is 1.08 bits per heavy atom. The van der Waals surface area contributed by atoms with Crippen molar-refractivity contribution in [2.75, 3.05) is 12.9 Å². The molecular weight excluding hydrogens is 342 g/mol. The largest absolute Gasteiger partial charge is 0.496 e. The molecule has 1 aromatic heterocycles. The van der Waals surface area contributed by atoms with Crippen molar-refractivity contribution in [1.29, 1.82) is 0 Å². The predicted octanol–water partition coefficient (Wildman–Crippen LogP) is 4.95. The molecule has 0 bridgehead atoms. The summed E-state index contributed by atoms with van der Waals surface area (Å²) in [5, 5.41) is 9.62. The third-order valence-electron chi connectivity index (χ3n) is 3.79. The maximum Gasteiger partial charge on any atom is 0.192 e. The SMILES string of the molecule is C=CCn1c(SC/C=C/c2ccccc2)nnc1-c1ccccc1OC. The Morgan fingerprint density at radius 2 is 1.85 bits per heavy atom. The number of benzene rings is 2. The second-order valence-corrected chi connectivity index (χ2v) is 6.52. The summed E-state index contributed by atoms with van der Waals surface area (Å²) in [6, 6.07) is 18.1. The first-order chi connectivity index (χ1) is 12.8. The van der Waals surface area contributed by atoms with Crippen LogP contribution < -0.4 is 4.74 Å². The fourth-order valence-electron chi connectivity index (χ4n) is 2.59. The highest BCUT2D eigenvalue weighted by molar-refractivity contribution is 7.99. The molecule has 4 nitrogen and oxygen atoms in total. The summed E-state index contributed by atoms with van der Waals surface area (Å²) in [5.41, 5.74) is 2.12. The lowest BCUT2D eigenvalue weighted by Gasteiger charge is -2.10. The van der Waals surface area contributed by atoms with Gasteiger partial charge in [-0.05, 0) is 17.7 Å². The molecule has 1 heterocycles. The van der Waals surface area contributed by atoms with E-state index in [4.69, 9.17) is 4.74 Å². The number of aromatic nitrogens is 3. The highest BCUT2D eigenvalue weighted by Crippen LogP contribution is 2.30. The average Bonchev–Trinajstić information content (AvgIpc) is 3.09. The second kappa shape index (κ2) is 9.06. The lowest BCUT2D eigenvalue weighted by Crippen LogP contribution is -2.01. The van der Waals surface area contributed by atoms with Gasteiger partial charge in [-0.15, -0.1) is 16.8 Å². The van der Waals surface area contributed by atoms with Crippen molar-refractivity contribution in [2.45, 2.75) is 11.7 Å². The summed E-state index contributed by atoms with van der Waals surface area (Å²) < 4.78 is 7.53. The molecule has 0 saturated heterocycles. The Labute approximate surface area is 158 Å². The van der Waals surface area contributed by atoms with Crippen LogP contribution in [0.4, 0.5) is 0 Å². The van der Waals surface area contributed by atoms with E-state index in [1.165, 1.54) is 5.56 Å². The van der Waals surface area contributed by atoms with Gasteiger partial charge >= 0.3 is 0 Å². The fourth-order valence-corrected chi connectivity index (χ4v) is 3.35. The fraction of sp³-hybridized carbons (Fsp3) is 0.143. The molecule has 0 saturated carbocycles. The number of rotatable bonds is 8. The summed E-state index contributed by atoms with van der Waals surface area (Å²) in [6.45, 7) is 4.50. The van der Waals surface area contributed by atoms with Crippen molar-refractivity contribution in [3.63, 3.8) is 0 Å². The van der Waals surface area contributed by atoms with Crippen molar-refractivity contribution >= 4 is 17.8 Å². The molecule has 0 spiro atoms. The van der Waals surface area contributed by atoms with Crippen LogP contribution in [0.25, 0.3) is 17.5 Å². The van der Waals surface area contributed by atoms with E-state index in [9.17, 15) is 0 Å². The van der Waals surface area contributed by atoms with Gasteiger partial charge in [0.1, 0.15) is 5.75 Å². The molecule has 0 aliphatic carbocycles. The molecule has 3 aromatic rings. The number of para-hydroxylation sites is 1. The van der Waals surface area contributed by atoms with E-state index in [0.29, 0.717) is 6.54 Å². The van der Waals surface area contributed by atoms with Crippen LogP contribution in [0, 0.1) is 0 Å². The van der Waals surface area contributed by atoms with Gasteiger partial charge in [-0.3, -0.25) is 4.57 Å². The second-order valence-electron chi connectivity index (χ2n) is 5.53. The standard InChI is InChI=1S/C21H21N3OS/c1-3-15-24-20(18-13-7-8-14-19(18)25-2)22-23-21(24)26-16-9-12-17-10-5-4-6-11-17/h3-14H,1,15-16H2,2H3/b12-9+. The average molecular weight is 363 g/mol. The number of ether oxygens (including phenoxy) is 1. The zero-order chi connectivity index (χ0) is 18.2. The van der Waals surface area contributed by atoms with Gasteiger partial charge in [-0.1, -0.05) is 72.5 Å². The Balaban J connectivity index is 1.79.